The van der Waals surface area contributed by atoms with Crippen molar-refractivity contribution in [3.63, 3.8) is 0 Å². The molecule has 42 heavy (non-hydrogen) atoms. The number of hydrogen-bond acceptors (Lipinski definition) is 5. The van der Waals surface area contributed by atoms with Crippen LogP contribution in [0.15, 0.2) is 70.3 Å². The van der Waals surface area contributed by atoms with Crippen LogP contribution in [0.5, 0.6) is 0 Å². The van der Waals surface area contributed by atoms with E-state index in [1.807, 2.05) is 0 Å². The molecule has 7 nitrogen and oxygen atoms in total. The summed E-state index contributed by atoms with van der Waals surface area (Å²) in [5, 5.41) is 2.86. The molecule has 4 rings (SSSR count). The van der Waals surface area contributed by atoms with Crippen LogP contribution in [-0.4, -0.2) is 25.1 Å². The SMILES string of the molecule is C=c1c(=O)n(C)c(-c2cnc(-c3cccc(=O)n3C)nc2)c/c1=C(/C=C(\C)F)[C@@H](C)Nc1ccc(F)c(F)c1C(F)F. The molecule has 1 atom stereocenters. The van der Waals surface area contributed by atoms with Gasteiger partial charge in [-0.05, 0) is 55.0 Å². The predicted octanol–water partition coefficient (Wildman–Crippen LogP) is 4.36. The lowest BCUT2D eigenvalue weighted by atomic mass is 10.0. The highest BCUT2D eigenvalue weighted by Crippen LogP contribution is 2.32. The van der Waals surface area contributed by atoms with E-state index in [9.17, 15) is 31.5 Å². The number of aromatic nitrogens is 4. The van der Waals surface area contributed by atoms with E-state index >= 15 is 0 Å². The Kier molecular flexibility index (Phi) is 8.55. The second kappa shape index (κ2) is 11.9. The van der Waals surface area contributed by atoms with Crippen LogP contribution in [0.1, 0.15) is 25.8 Å². The number of rotatable bonds is 7. The highest BCUT2D eigenvalue weighted by molar-refractivity contribution is 5.69. The van der Waals surface area contributed by atoms with E-state index in [2.05, 4.69) is 21.9 Å². The van der Waals surface area contributed by atoms with Gasteiger partial charge in [-0.3, -0.25) is 9.59 Å². The van der Waals surface area contributed by atoms with Crippen molar-refractivity contribution < 1.29 is 22.0 Å². The van der Waals surface area contributed by atoms with Crippen LogP contribution >= 0.6 is 0 Å². The Morgan fingerprint density at radius 3 is 2.31 bits per heavy atom. The zero-order valence-electron chi connectivity index (χ0n) is 23.1. The summed E-state index contributed by atoms with van der Waals surface area (Å²) in [6.07, 6.45) is 0.671. The third kappa shape index (κ3) is 5.78. The summed E-state index contributed by atoms with van der Waals surface area (Å²) in [7, 11) is 3.08. The Morgan fingerprint density at radius 1 is 1.02 bits per heavy atom. The van der Waals surface area contributed by atoms with Crippen molar-refractivity contribution >= 4 is 17.8 Å². The molecule has 3 aromatic heterocycles. The first kappa shape index (κ1) is 30.1. The van der Waals surface area contributed by atoms with Gasteiger partial charge in [0.15, 0.2) is 17.5 Å². The van der Waals surface area contributed by atoms with Crippen LogP contribution in [0.25, 0.3) is 34.9 Å². The van der Waals surface area contributed by atoms with Crippen molar-refractivity contribution in [2.24, 2.45) is 14.1 Å². The van der Waals surface area contributed by atoms with E-state index in [1.165, 1.54) is 41.6 Å². The van der Waals surface area contributed by atoms with Gasteiger partial charge >= 0.3 is 0 Å². The fraction of sp³-hybridized carbons (Fsp3) is 0.200. The molecule has 218 valence electrons. The summed E-state index contributed by atoms with van der Waals surface area (Å²) in [4.78, 5) is 33.9. The van der Waals surface area contributed by atoms with E-state index in [1.54, 1.807) is 25.2 Å². The van der Waals surface area contributed by atoms with Crippen molar-refractivity contribution in [1.82, 2.24) is 19.1 Å². The Balaban J connectivity index is 1.89. The summed E-state index contributed by atoms with van der Waals surface area (Å²) in [6.45, 7) is 6.50. The van der Waals surface area contributed by atoms with Gasteiger partial charge in [-0.2, -0.15) is 0 Å². The third-order valence-electron chi connectivity index (χ3n) is 6.75. The molecular formula is C30H26F5N5O2. The molecule has 0 unspecified atom stereocenters. The van der Waals surface area contributed by atoms with Crippen LogP contribution in [0, 0.1) is 11.6 Å². The van der Waals surface area contributed by atoms with Crippen molar-refractivity contribution in [1.29, 1.82) is 0 Å². The van der Waals surface area contributed by atoms with Crippen molar-refractivity contribution in [3.8, 4) is 22.8 Å². The Bertz CT molecular complexity index is 1930. The summed E-state index contributed by atoms with van der Waals surface area (Å²) in [5.41, 5.74) is -1.01. The zero-order chi connectivity index (χ0) is 30.9. The second-order valence-electron chi connectivity index (χ2n) is 9.57. The largest absolute Gasteiger partial charge is 0.378 e. The molecule has 0 bridgehead atoms. The predicted molar refractivity (Wildman–Crippen MR) is 151 cm³/mol. The monoisotopic (exact) mass is 583 g/mol. The summed E-state index contributed by atoms with van der Waals surface area (Å²) in [5.74, 6) is -3.54. The van der Waals surface area contributed by atoms with E-state index in [4.69, 9.17) is 0 Å². The van der Waals surface area contributed by atoms with Crippen molar-refractivity contribution in [3.05, 3.63) is 109 Å². The highest BCUT2D eigenvalue weighted by Gasteiger charge is 2.23. The van der Waals surface area contributed by atoms with Gasteiger partial charge < -0.3 is 14.5 Å². The quantitative estimate of drug-likeness (QED) is 0.327. The summed E-state index contributed by atoms with van der Waals surface area (Å²) < 4.78 is 72.1. The highest BCUT2D eigenvalue weighted by atomic mass is 19.3. The van der Waals surface area contributed by atoms with Crippen LogP contribution in [-0.2, 0) is 14.1 Å². The minimum atomic E-state index is -3.34. The lowest BCUT2D eigenvalue weighted by molar-refractivity contribution is 0.146. The molecule has 12 heteroatoms. The second-order valence-corrected chi connectivity index (χ2v) is 9.57. The topological polar surface area (TPSA) is 81.8 Å². The van der Waals surface area contributed by atoms with Crippen LogP contribution in [0.3, 0.4) is 0 Å². The minimum Gasteiger partial charge on any atom is -0.378 e. The van der Waals surface area contributed by atoms with E-state index < -0.39 is 46.7 Å². The first-order chi connectivity index (χ1) is 19.8. The average molecular weight is 584 g/mol. The lowest BCUT2D eigenvalue weighted by Crippen LogP contribution is -2.46. The van der Waals surface area contributed by atoms with E-state index in [0.717, 1.165) is 19.1 Å². The van der Waals surface area contributed by atoms with Crippen molar-refractivity contribution in [2.45, 2.75) is 26.3 Å². The molecule has 1 N–H and O–H groups in total. The van der Waals surface area contributed by atoms with Gasteiger partial charge in [-0.1, -0.05) is 12.6 Å². The molecule has 0 aliphatic carbocycles. The maximum Gasteiger partial charge on any atom is 0.268 e. The fourth-order valence-corrected chi connectivity index (χ4v) is 4.53. The molecule has 1 aromatic carbocycles. The Labute approximate surface area is 236 Å². The Morgan fingerprint density at radius 2 is 1.69 bits per heavy atom. The standard InChI is InChI=1S/C30H26F5N5O2/c1-15(31)11-20(17(3)38-22-10-9-21(32)27(33)26(22)28(34)35)19-12-24(40(5)30(42)16(19)2)18-13-36-29(37-14-18)23-7-6-8-25(41)39(23)4/h6-14,17,28,38H,2H2,1,3-5H3/b15-11+,20-19+/t17-/m1/s1. The fourth-order valence-electron chi connectivity index (χ4n) is 4.53. The van der Waals surface area contributed by atoms with Crippen LogP contribution in [0.4, 0.5) is 27.6 Å². The molecule has 0 spiro atoms. The summed E-state index contributed by atoms with van der Waals surface area (Å²) in [6, 6.07) is 6.89. The molecule has 3 heterocycles. The number of anilines is 1. The molecular weight excluding hydrogens is 557 g/mol. The number of hydrogen-bond donors (Lipinski definition) is 1. The first-order valence-electron chi connectivity index (χ1n) is 12.6. The molecule has 0 aliphatic rings. The van der Waals surface area contributed by atoms with Gasteiger partial charge in [0.25, 0.3) is 17.5 Å². The van der Waals surface area contributed by atoms with Gasteiger partial charge in [0.2, 0.25) is 0 Å². The zero-order valence-corrected chi connectivity index (χ0v) is 23.1. The van der Waals surface area contributed by atoms with Crippen molar-refractivity contribution in [2.75, 3.05) is 5.32 Å². The molecule has 0 fully saturated rings. The van der Waals surface area contributed by atoms with Gasteiger partial charge in [0.05, 0.1) is 22.8 Å². The Hall–Kier alpha value is -4.87. The van der Waals surface area contributed by atoms with Crippen LogP contribution < -0.4 is 26.9 Å². The molecule has 4 aromatic rings. The smallest absolute Gasteiger partial charge is 0.268 e. The number of nitrogens with zero attached hydrogens (tertiary/aromatic N) is 4. The maximum absolute atomic E-state index is 14.3. The molecule has 0 saturated carbocycles. The third-order valence-corrected chi connectivity index (χ3v) is 6.75. The average Bonchev–Trinajstić information content (AvgIpc) is 2.94. The number of nitrogens with one attached hydrogen (secondary N) is 1. The lowest BCUT2D eigenvalue weighted by Gasteiger charge is -2.21. The first-order valence-corrected chi connectivity index (χ1v) is 12.6. The van der Waals surface area contributed by atoms with E-state index in [0.29, 0.717) is 23.0 Å². The molecule has 0 amide bonds. The van der Waals surface area contributed by atoms with Gasteiger partial charge in [-0.15, -0.1) is 0 Å². The maximum atomic E-state index is 14.3. The summed E-state index contributed by atoms with van der Waals surface area (Å²) >= 11 is 0. The van der Waals surface area contributed by atoms with Gasteiger partial charge in [-0.25, -0.2) is 31.9 Å². The molecule has 0 aliphatic heterocycles. The number of alkyl halides is 2. The van der Waals surface area contributed by atoms with Gasteiger partial charge in [0, 0.05) is 55.1 Å². The number of benzene rings is 1. The normalized spacial score (nSPS) is 13.3. The van der Waals surface area contributed by atoms with Gasteiger partial charge in [0.1, 0.15) is 0 Å². The number of pyridine rings is 2. The molecule has 0 radical (unpaired) electrons. The minimum absolute atomic E-state index is 0.0152. The number of halogens is 5. The van der Waals surface area contributed by atoms with E-state index in [-0.39, 0.29) is 27.4 Å². The van der Waals surface area contributed by atoms with Crippen LogP contribution in [0.2, 0.25) is 0 Å². The number of allylic oxidation sites excluding steroid dienone is 1. The molecule has 0 saturated heterocycles.